The molecule has 5 rings (SSSR count). The Morgan fingerprint density at radius 1 is 1.08 bits per heavy atom. The van der Waals surface area contributed by atoms with Crippen LogP contribution in [0.1, 0.15) is 25.3 Å². The van der Waals surface area contributed by atoms with Crippen LogP contribution in [0.25, 0.3) is 17.4 Å². The molecule has 1 aliphatic rings. The minimum Gasteiger partial charge on any atom is -0.461 e. The lowest BCUT2D eigenvalue weighted by atomic mass is 10.0. The molecule has 0 aliphatic carbocycles. The Balaban J connectivity index is 1.36. The molecule has 0 bridgehead atoms. The van der Waals surface area contributed by atoms with E-state index in [0.717, 1.165) is 25.2 Å². The lowest BCUT2D eigenvalue weighted by Gasteiger charge is -2.36. The Bertz CT molecular complexity index is 1280. The Labute approximate surface area is 209 Å². The van der Waals surface area contributed by atoms with Crippen molar-refractivity contribution >= 4 is 23.6 Å². The van der Waals surface area contributed by atoms with Gasteiger partial charge in [-0.3, -0.25) is 9.69 Å². The van der Waals surface area contributed by atoms with Crippen LogP contribution >= 0.6 is 0 Å². The first-order valence-corrected chi connectivity index (χ1v) is 12.4. The predicted octanol–water partition coefficient (Wildman–Crippen LogP) is 2.33. The van der Waals surface area contributed by atoms with E-state index in [-0.39, 0.29) is 23.6 Å². The van der Waals surface area contributed by atoms with Crippen molar-refractivity contribution in [2.45, 2.75) is 32.2 Å². The monoisotopic (exact) mass is 489 g/mol. The van der Waals surface area contributed by atoms with Crippen molar-refractivity contribution in [1.29, 1.82) is 0 Å². The number of nitrogens with two attached hydrogens (primary N) is 1. The van der Waals surface area contributed by atoms with Crippen LogP contribution in [0.5, 0.6) is 0 Å². The quantitative estimate of drug-likeness (QED) is 0.364. The van der Waals surface area contributed by atoms with Gasteiger partial charge in [0.25, 0.3) is 5.78 Å². The molecule has 1 aliphatic heterocycles. The first-order chi connectivity index (χ1) is 17.6. The molecule has 4 heterocycles. The highest BCUT2D eigenvalue weighted by molar-refractivity contribution is 5.85. The fraction of sp³-hybridized carbons (Fsp3) is 0.400. The fourth-order valence-corrected chi connectivity index (χ4v) is 4.38. The van der Waals surface area contributed by atoms with Gasteiger partial charge in [-0.2, -0.15) is 19.5 Å². The Hall–Kier alpha value is -3.99. The highest BCUT2D eigenvalue weighted by atomic mass is 16.3. The number of nitrogen functional groups attached to an aromatic ring is 1. The predicted molar refractivity (Wildman–Crippen MR) is 136 cm³/mol. The van der Waals surface area contributed by atoms with Gasteiger partial charge in [0.15, 0.2) is 5.76 Å². The molecule has 3 N–H and O–H groups in total. The van der Waals surface area contributed by atoms with Crippen LogP contribution in [0.2, 0.25) is 0 Å². The molecular weight excluding hydrogens is 458 g/mol. The van der Waals surface area contributed by atoms with Crippen molar-refractivity contribution in [2.75, 3.05) is 43.8 Å². The van der Waals surface area contributed by atoms with Crippen molar-refractivity contribution in [3.05, 3.63) is 54.3 Å². The number of rotatable bonds is 9. The summed E-state index contributed by atoms with van der Waals surface area (Å²) in [5.41, 5.74) is 7.21. The number of amides is 1. The SMILES string of the molecule is CCCCN1CCN(C(=O)[C@H](Cc2ccccc2)Nc2nc(N)n3nc(-c4ccco4)nc3n2)CC1. The van der Waals surface area contributed by atoms with E-state index >= 15 is 0 Å². The molecule has 0 unspecified atom stereocenters. The van der Waals surface area contributed by atoms with E-state index in [1.165, 1.54) is 17.4 Å². The van der Waals surface area contributed by atoms with Crippen LogP contribution < -0.4 is 11.1 Å². The van der Waals surface area contributed by atoms with Crippen LogP contribution in [0.15, 0.2) is 53.1 Å². The number of fused-ring (bicyclic) bond motifs is 1. The maximum atomic E-state index is 13.6. The minimum atomic E-state index is -0.552. The van der Waals surface area contributed by atoms with Gasteiger partial charge in [0, 0.05) is 32.6 Å². The van der Waals surface area contributed by atoms with Gasteiger partial charge in [0.2, 0.25) is 23.6 Å². The molecule has 188 valence electrons. The van der Waals surface area contributed by atoms with Crippen molar-refractivity contribution in [3.8, 4) is 11.6 Å². The van der Waals surface area contributed by atoms with Crippen molar-refractivity contribution < 1.29 is 9.21 Å². The topological polar surface area (TPSA) is 131 Å². The zero-order chi connectivity index (χ0) is 24.9. The van der Waals surface area contributed by atoms with Gasteiger partial charge in [-0.1, -0.05) is 43.7 Å². The van der Waals surface area contributed by atoms with Gasteiger partial charge in [0.05, 0.1) is 6.26 Å². The Morgan fingerprint density at radius 2 is 1.89 bits per heavy atom. The van der Waals surface area contributed by atoms with E-state index in [2.05, 4.69) is 37.2 Å². The molecule has 0 radical (unpaired) electrons. The van der Waals surface area contributed by atoms with Crippen molar-refractivity contribution in [2.24, 2.45) is 0 Å². The summed E-state index contributed by atoms with van der Waals surface area (Å²) in [6, 6.07) is 12.9. The minimum absolute atomic E-state index is 0.0220. The Morgan fingerprint density at radius 3 is 2.61 bits per heavy atom. The van der Waals surface area contributed by atoms with Gasteiger partial charge < -0.3 is 20.4 Å². The largest absolute Gasteiger partial charge is 0.461 e. The first-order valence-electron chi connectivity index (χ1n) is 12.4. The first kappa shape index (κ1) is 23.7. The van der Waals surface area contributed by atoms with E-state index in [1.807, 2.05) is 35.2 Å². The zero-order valence-electron chi connectivity index (χ0n) is 20.4. The summed E-state index contributed by atoms with van der Waals surface area (Å²) in [6.07, 6.45) is 4.39. The Kier molecular flexibility index (Phi) is 7.08. The van der Waals surface area contributed by atoms with Gasteiger partial charge in [-0.05, 0) is 30.7 Å². The average Bonchev–Trinajstić information content (AvgIpc) is 3.58. The third kappa shape index (κ3) is 5.30. The number of hydrogen-bond donors (Lipinski definition) is 2. The molecule has 1 saturated heterocycles. The number of hydrogen-bond acceptors (Lipinski definition) is 9. The second-order valence-electron chi connectivity index (χ2n) is 8.94. The number of carbonyl (C=O) groups is 1. The number of benzene rings is 1. The summed E-state index contributed by atoms with van der Waals surface area (Å²) in [5.74, 6) is 1.50. The molecule has 36 heavy (non-hydrogen) atoms. The number of nitrogens with one attached hydrogen (secondary N) is 1. The van der Waals surface area contributed by atoms with Crippen LogP contribution in [0.4, 0.5) is 11.9 Å². The zero-order valence-corrected chi connectivity index (χ0v) is 20.4. The summed E-state index contributed by atoms with van der Waals surface area (Å²) >= 11 is 0. The second kappa shape index (κ2) is 10.7. The molecule has 3 aromatic heterocycles. The van der Waals surface area contributed by atoms with E-state index in [0.29, 0.717) is 31.1 Å². The van der Waals surface area contributed by atoms with E-state index < -0.39 is 6.04 Å². The maximum absolute atomic E-state index is 13.6. The molecule has 1 amide bonds. The lowest BCUT2D eigenvalue weighted by molar-refractivity contribution is -0.133. The highest BCUT2D eigenvalue weighted by Gasteiger charge is 2.28. The molecule has 1 fully saturated rings. The molecule has 0 spiro atoms. The van der Waals surface area contributed by atoms with Crippen LogP contribution in [0.3, 0.4) is 0 Å². The highest BCUT2D eigenvalue weighted by Crippen LogP contribution is 2.19. The average molecular weight is 490 g/mol. The summed E-state index contributed by atoms with van der Waals surface area (Å²) in [5, 5.41) is 7.57. The summed E-state index contributed by atoms with van der Waals surface area (Å²) in [4.78, 5) is 31.3. The maximum Gasteiger partial charge on any atom is 0.259 e. The third-order valence-electron chi connectivity index (χ3n) is 6.37. The number of carbonyl (C=O) groups excluding carboxylic acids is 1. The van der Waals surface area contributed by atoms with Crippen molar-refractivity contribution in [1.82, 2.24) is 34.4 Å². The fourth-order valence-electron chi connectivity index (χ4n) is 4.38. The second-order valence-corrected chi connectivity index (χ2v) is 8.94. The summed E-state index contributed by atoms with van der Waals surface area (Å²) < 4.78 is 6.74. The number of unbranched alkanes of at least 4 members (excludes halogenated alkanes) is 1. The van der Waals surface area contributed by atoms with Gasteiger partial charge in [-0.15, -0.1) is 5.10 Å². The number of nitrogens with zero attached hydrogens (tertiary/aromatic N) is 7. The van der Waals surface area contributed by atoms with E-state index in [1.54, 1.807) is 18.4 Å². The van der Waals surface area contributed by atoms with Crippen molar-refractivity contribution in [3.63, 3.8) is 0 Å². The van der Waals surface area contributed by atoms with E-state index in [9.17, 15) is 4.79 Å². The normalized spacial score (nSPS) is 15.3. The van der Waals surface area contributed by atoms with Crippen LogP contribution in [-0.2, 0) is 11.2 Å². The molecule has 11 heteroatoms. The van der Waals surface area contributed by atoms with Crippen LogP contribution in [-0.4, -0.2) is 79.0 Å². The lowest BCUT2D eigenvalue weighted by Crippen LogP contribution is -2.53. The van der Waals surface area contributed by atoms with Gasteiger partial charge >= 0.3 is 0 Å². The summed E-state index contributed by atoms with van der Waals surface area (Å²) in [6.45, 7) is 6.45. The molecule has 1 atom stereocenters. The number of piperazine rings is 1. The standard InChI is InChI=1S/C25H31N9O2/c1-2-3-11-32-12-14-33(15-13-32)22(35)19(17-18-8-5-4-6-9-18)27-24-29-23(26)34-25(30-24)28-21(31-34)20-10-7-16-36-20/h4-10,16,19H,2-3,11-15,17H2,1H3,(H3,26,27,28,29,30,31)/t19-/m0/s1. The van der Waals surface area contributed by atoms with Gasteiger partial charge in [-0.25, -0.2) is 0 Å². The number of furan rings is 1. The molecule has 11 nitrogen and oxygen atoms in total. The molecule has 0 saturated carbocycles. The number of aromatic nitrogens is 5. The molecule has 1 aromatic carbocycles. The third-order valence-corrected chi connectivity index (χ3v) is 6.37. The molecular formula is C25H31N9O2. The van der Waals surface area contributed by atoms with Crippen LogP contribution in [0, 0.1) is 0 Å². The van der Waals surface area contributed by atoms with E-state index in [4.69, 9.17) is 10.2 Å². The molecule has 4 aromatic rings. The smallest absolute Gasteiger partial charge is 0.259 e. The summed E-state index contributed by atoms with van der Waals surface area (Å²) in [7, 11) is 0. The van der Waals surface area contributed by atoms with Gasteiger partial charge in [0.1, 0.15) is 6.04 Å². The number of anilines is 2.